The standard InChI is InChI=1S/C15H16ClN3O/c1-10-7-13(11(2)19(10)3)9-17-18-15(20)12-5-4-6-14(16)8-12/h4-9H,1-3H3,(H,18,20)/b17-9-. The maximum atomic E-state index is 11.9. The summed E-state index contributed by atoms with van der Waals surface area (Å²) in [4.78, 5) is 11.9. The number of nitrogens with zero attached hydrogens (tertiary/aromatic N) is 2. The van der Waals surface area contributed by atoms with E-state index < -0.39 is 0 Å². The number of benzene rings is 1. The molecule has 1 heterocycles. The lowest BCUT2D eigenvalue weighted by atomic mass is 10.2. The summed E-state index contributed by atoms with van der Waals surface area (Å²) >= 11 is 5.84. The van der Waals surface area contributed by atoms with Crippen molar-refractivity contribution in [2.45, 2.75) is 13.8 Å². The molecule has 0 radical (unpaired) electrons. The van der Waals surface area contributed by atoms with Crippen LogP contribution in [0.4, 0.5) is 0 Å². The summed E-state index contributed by atoms with van der Waals surface area (Å²) in [6.45, 7) is 4.03. The predicted molar refractivity (Wildman–Crippen MR) is 81.4 cm³/mol. The van der Waals surface area contributed by atoms with Crippen LogP contribution in [0.1, 0.15) is 27.3 Å². The van der Waals surface area contributed by atoms with E-state index in [0.717, 1.165) is 17.0 Å². The highest BCUT2D eigenvalue weighted by Gasteiger charge is 2.05. The molecule has 5 heteroatoms. The van der Waals surface area contributed by atoms with Crippen LogP contribution in [-0.4, -0.2) is 16.7 Å². The fraction of sp³-hybridized carbons (Fsp3) is 0.200. The Morgan fingerprint density at radius 1 is 1.35 bits per heavy atom. The summed E-state index contributed by atoms with van der Waals surface area (Å²) < 4.78 is 2.07. The lowest BCUT2D eigenvalue weighted by Crippen LogP contribution is -2.17. The average molecular weight is 290 g/mol. The minimum absolute atomic E-state index is 0.283. The van der Waals surface area contributed by atoms with Crippen molar-refractivity contribution >= 4 is 23.7 Å². The van der Waals surface area contributed by atoms with Crippen molar-refractivity contribution < 1.29 is 4.79 Å². The Balaban J connectivity index is 2.06. The van der Waals surface area contributed by atoms with Gasteiger partial charge in [0.25, 0.3) is 5.91 Å². The third-order valence-electron chi connectivity index (χ3n) is 3.27. The molecule has 4 nitrogen and oxygen atoms in total. The largest absolute Gasteiger partial charge is 0.352 e. The van der Waals surface area contributed by atoms with E-state index in [-0.39, 0.29) is 5.91 Å². The Kier molecular flexibility index (Phi) is 4.25. The summed E-state index contributed by atoms with van der Waals surface area (Å²) in [5.41, 5.74) is 6.20. The summed E-state index contributed by atoms with van der Waals surface area (Å²) in [5.74, 6) is -0.283. The van der Waals surface area contributed by atoms with Gasteiger partial charge in [0.15, 0.2) is 0 Å². The summed E-state index contributed by atoms with van der Waals surface area (Å²) in [6, 6.07) is 8.76. The third-order valence-corrected chi connectivity index (χ3v) is 3.51. The zero-order valence-electron chi connectivity index (χ0n) is 11.6. The number of nitrogens with one attached hydrogen (secondary N) is 1. The molecular formula is C15H16ClN3O. The number of amides is 1. The molecule has 1 N–H and O–H groups in total. The van der Waals surface area contributed by atoms with Crippen molar-refractivity contribution in [1.29, 1.82) is 0 Å². The van der Waals surface area contributed by atoms with Crippen LogP contribution < -0.4 is 5.43 Å². The first kappa shape index (κ1) is 14.3. The number of hydrazone groups is 1. The monoisotopic (exact) mass is 289 g/mol. The highest BCUT2D eigenvalue weighted by atomic mass is 35.5. The van der Waals surface area contributed by atoms with Crippen molar-refractivity contribution in [2.75, 3.05) is 0 Å². The Morgan fingerprint density at radius 2 is 2.10 bits per heavy atom. The van der Waals surface area contributed by atoms with Gasteiger partial charge in [-0.05, 0) is 38.1 Å². The summed E-state index contributed by atoms with van der Waals surface area (Å²) in [5, 5.41) is 4.51. The molecule has 1 amide bonds. The van der Waals surface area contributed by atoms with Gasteiger partial charge in [-0.25, -0.2) is 5.43 Å². The summed E-state index contributed by atoms with van der Waals surface area (Å²) in [6.07, 6.45) is 1.64. The number of carbonyl (C=O) groups excluding carboxylic acids is 1. The molecule has 0 aliphatic rings. The SMILES string of the molecule is Cc1cc(/C=N\NC(=O)c2cccc(Cl)c2)c(C)n1C. The molecule has 0 aliphatic heterocycles. The van der Waals surface area contributed by atoms with Gasteiger partial charge >= 0.3 is 0 Å². The minimum atomic E-state index is -0.283. The van der Waals surface area contributed by atoms with Crippen LogP contribution in [0, 0.1) is 13.8 Å². The van der Waals surface area contributed by atoms with Gasteiger partial charge in [0.1, 0.15) is 0 Å². The highest BCUT2D eigenvalue weighted by molar-refractivity contribution is 6.30. The predicted octanol–water partition coefficient (Wildman–Crippen LogP) is 3.06. The van der Waals surface area contributed by atoms with Gasteiger partial charge < -0.3 is 4.57 Å². The molecule has 1 aromatic carbocycles. The van der Waals surface area contributed by atoms with Gasteiger partial charge in [-0.15, -0.1) is 0 Å². The first-order valence-corrected chi connectivity index (χ1v) is 6.58. The molecule has 0 bridgehead atoms. The number of hydrogen-bond donors (Lipinski definition) is 1. The van der Waals surface area contributed by atoms with Crippen LogP contribution in [-0.2, 0) is 7.05 Å². The first-order valence-electron chi connectivity index (χ1n) is 6.21. The van der Waals surface area contributed by atoms with E-state index >= 15 is 0 Å². The molecule has 104 valence electrons. The number of halogens is 1. The number of aryl methyl sites for hydroxylation is 1. The second-order valence-corrected chi connectivity index (χ2v) is 5.03. The fourth-order valence-corrected chi connectivity index (χ4v) is 2.06. The minimum Gasteiger partial charge on any atom is -0.352 e. The van der Waals surface area contributed by atoms with E-state index in [1.54, 1.807) is 30.5 Å². The fourth-order valence-electron chi connectivity index (χ4n) is 1.87. The highest BCUT2D eigenvalue weighted by Crippen LogP contribution is 2.11. The van der Waals surface area contributed by atoms with Crippen molar-refractivity contribution in [1.82, 2.24) is 9.99 Å². The maximum Gasteiger partial charge on any atom is 0.271 e. The smallest absolute Gasteiger partial charge is 0.271 e. The van der Waals surface area contributed by atoms with E-state index in [1.807, 2.05) is 27.0 Å². The molecule has 0 fully saturated rings. The molecular weight excluding hydrogens is 274 g/mol. The van der Waals surface area contributed by atoms with Gasteiger partial charge in [0.2, 0.25) is 0 Å². The Morgan fingerprint density at radius 3 is 2.70 bits per heavy atom. The zero-order valence-corrected chi connectivity index (χ0v) is 12.4. The van der Waals surface area contributed by atoms with Gasteiger partial charge in [-0.2, -0.15) is 5.10 Å². The van der Waals surface area contributed by atoms with Crippen molar-refractivity contribution in [3.05, 3.63) is 57.9 Å². The van der Waals surface area contributed by atoms with E-state index in [2.05, 4.69) is 15.1 Å². The van der Waals surface area contributed by atoms with Crippen LogP contribution in [0.2, 0.25) is 5.02 Å². The molecule has 0 saturated carbocycles. The Labute approximate surface area is 123 Å². The number of aromatic nitrogens is 1. The molecule has 0 spiro atoms. The molecule has 0 atom stereocenters. The van der Waals surface area contributed by atoms with Crippen molar-refractivity contribution in [3.63, 3.8) is 0 Å². The number of rotatable bonds is 3. The van der Waals surface area contributed by atoms with Crippen LogP contribution in [0.3, 0.4) is 0 Å². The zero-order chi connectivity index (χ0) is 14.7. The quantitative estimate of drug-likeness (QED) is 0.685. The molecule has 1 aromatic heterocycles. The molecule has 20 heavy (non-hydrogen) atoms. The summed E-state index contributed by atoms with van der Waals surface area (Å²) in [7, 11) is 1.99. The molecule has 0 aliphatic carbocycles. The normalized spacial score (nSPS) is 11.0. The lowest BCUT2D eigenvalue weighted by Gasteiger charge is -2.00. The average Bonchev–Trinajstić information content (AvgIpc) is 2.66. The Hall–Kier alpha value is -2.07. The van der Waals surface area contributed by atoms with E-state index in [1.165, 1.54) is 0 Å². The Bertz CT molecular complexity index is 674. The lowest BCUT2D eigenvalue weighted by molar-refractivity contribution is 0.0955. The van der Waals surface area contributed by atoms with Crippen molar-refractivity contribution in [3.8, 4) is 0 Å². The van der Waals surface area contributed by atoms with E-state index in [4.69, 9.17) is 11.6 Å². The maximum absolute atomic E-state index is 11.9. The van der Waals surface area contributed by atoms with Gasteiger partial charge in [-0.3, -0.25) is 4.79 Å². The number of hydrogen-bond acceptors (Lipinski definition) is 2. The van der Waals surface area contributed by atoms with Gasteiger partial charge in [0.05, 0.1) is 6.21 Å². The van der Waals surface area contributed by atoms with Crippen LogP contribution in [0.15, 0.2) is 35.4 Å². The first-order chi connectivity index (χ1) is 9.49. The van der Waals surface area contributed by atoms with Crippen LogP contribution in [0.5, 0.6) is 0 Å². The van der Waals surface area contributed by atoms with Gasteiger partial charge in [-0.1, -0.05) is 17.7 Å². The van der Waals surface area contributed by atoms with Gasteiger partial charge in [0, 0.05) is 34.6 Å². The van der Waals surface area contributed by atoms with Crippen LogP contribution >= 0.6 is 11.6 Å². The second kappa shape index (κ2) is 5.92. The topological polar surface area (TPSA) is 46.4 Å². The number of carbonyl (C=O) groups is 1. The molecule has 2 aromatic rings. The van der Waals surface area contributed by atoms with Crippen molar-refractivity contribution in [2.24, 2.45) is 12.1 Å². The molecule has 2 rings (SSSR count). The molecule has 0 unspecified atom stereocenters. The second-order valence-electron chi connectivity index (χ2n) is 4.59. The van der Waals surface area contributed by atoms with E-state index in [9.17, 15) is 4.79 Å². The molecule has 0 saturated heterocycles. The van der Waals surface area contributed by atoms with E-state index in [0.29, 0.717) is 10.6 Å². The van der Waals surface area contributed by atoms with Crippen LogP contribution in [0.25, 0.3) is 0 Å². The third kappa shape index (κ3) is 3.08.